The number of allylic oxidation sites excluding steroid dienone is 2. The highest BCUT2D eigenvalue weighted by Crippen LogP contribution is 2.32. The quantitative estimate of drug-likeness (QED) is 0.761. The molecule has 0 amide bonds. The van der Waals surface area contributed by atoms with Crippen molar-refractivity contribution >= 4 is 5.78 Å². The van der Waals surface area contributed by atoms with Gasteiger partial charge < -0.3 is 5.11 Å². The van der Waals surface area contributed by atoms with Crippen molar-refractivity contribution in [3.8, 4) is 0 Å². The lowest BCUT2D eigenvalue weighted by molar-refractivity contribution is -0.128. The number of aliphatic hydroxyl groups is 1. The fourth-order valence-electron chi connectivity index (χ4n) is 2.36. The molecule has 2 heteroatoms. The molecule has 17 heavy (non-hydrogen) atoms. The van der Waals surface area contributed by atoms with Gasteiger partial charge in [0, 0.05) is 18.3 Å². The Labute approximate surface area is 104 Å². The molecule has 1 aliphatic rings. The number of hydrogen-bond acceptors (Lipinski definition) is 2. The van der Waals surface area contributed by atoms with E-state index in [-0.39, 0.29) is 23.7 Å². The average Bonchev–Trinajstić information content (AvgIpc) is 2.22. The summed E-state index contributed by atoms with van der Waals surface area (Å²) in [6, 6.07) is 0. The minimum atomic E-state index is -0.387. The fourth-order valence-corrected chi connectivity index (χ4v) is 2.36. The number of rotatable bonds is 4. The minimum Gasteiger partial charge on any atom is -0.392 e. The summed E-state index contributed by atoms with van der Waals surface area (Å²) >= 11 is 0. The van der Waals surface area contributed by atoms with E-state index in [1.54, 1.807) is 0 Å². The zero-order valence-corrected chi connectivity index (χ0v) is 11.2. The van der Waals surface area contributed by atoms with Crippen LogP contribution in [0.3, 0.4) is 0 Å². The summed E-state index contributed by atoms with van der Waals surface area (Å²) in [5.41, 5.74) is 2.32. The SMILES string of the molecule is C=C(CCC=C(C)C)[C@@H]1CC(=O)[C@@H](C)C[C@@H]1O. The molecule has 1 rings (SSSR count). The standard InChI is InChI=1S/C15H24O2/c1-10(2)6-5-7-11(3)13-9-14(16)12(4)8-15(13)17/h6,12-13,15,17H,3,5,7-9H2,1-2,4H3/t12-,13-,15-/m0/s1. The molecular weight excluding hydrogens is 212 g/mol. The second kappa shape index (κ2) is 6.15. The number of aliphatic hydroxyl groups excluding tert-OH is 1. The van der Waals surface area contributed by atoms with E-state index in [0.717, 1.165) is 18.4 Å². The van der Waals surface area contributed by atoms with Crippen molar-refractivity contribution in [3.05, 3.63) is 23.8 Å². The first kappa shape index (κ1) is 14.2. The van der Waals surface area contributed by atoms with Crippen LogP contribution in [-0.2, 0) is 4.79 Å². The van der Waals surface area contributed by atoms with Gasteiger partial charge in [0.1, 0.15) is 5.78 Å². The third kappa shape index (κ3) is 4.12. The molecule has 1 aliphatic carbocycles. The van der Waals surface area contributed by atoms with Crippen LogP contribution in [0.4, 0.5) is 0 Å². The molecule has 0 bridgehead atoms. The highest BCUT2D eigenvalue weighted by molar-refractivity contribution is 5.82. The van der Waals surface area contributed by atoms with Crippen molar-refractivity contribution in [1.82, 2.24) is 0 Å². The maximum atomic E-state index is 11.7. The van der Waals surface area contributed by atoms with E-state index in [1.165, 1.54) is 5.57 Å². The van der Waals surface area contributed by atoms with Crippen LogP contribution in [0.15, 0.2) is 23.8 Å². The molecular formula is C15H24O2. The van der Waals surface area contributed by atoms with Crippen LogP contribution in [0.5, 0.6) is 0 Å². The van der Waals surface area contributed by atoms with Crippen LogP contribution in [0.1, 0.15) is 46.5 Å². The fraction of sp³-hybridized carbons (Fsp3) is 0.667. The second-order valence-electron chi connectivity index (χ2n) is 5.46. The van der Waals surface area contributed by atoms with E-state index in [2.05, 4.69) is 26.5 Å². The van der Waals surface area contributed by atoms with Crippen molar-refractivity contribution in [1.29, 1.82) is 0 Å². The third-order valence-corrected chi connectivity index (χ3v) is 3.57. The van der Waals surface area contributed by atoms with E-state index < -0.39 is 0 Å². The van der Waals surface area contributed by atoms with Gasteiger partial charge in [-0.15, -0.1) is 0 Å². The lowest BCUT2D eigenvalue weighted by Crippen LogP contribution is -2.35. The van der Waals surface area contributed by atoms with Crippen LogP contribution >= 0.6 is 0 Å². The molecule has 1 fully saturated rings. The van der Waals surface area contributed by atoms with Gasteiger partial charge in [0.25, 0.3) is 0 Å². The van der Waals surface area contributed by atoms with Crippen molar-refractivity contribution in [3.63, 3.8) is 0 Å². The molecule has 0 aliphatic heterocycles. The molecule has 0 unspecified atom stereocenters. The highest BCUT2D eigenvalue weighted by Gasteiger charge is 2.33. The number of ketones is 1. The van der Waals surface area contributed by atoms with Gasteiger partial charge in [-0.3, -0.25) is 4.79 Å². The third-order valence-electron chi connectivity index (χ3n) is 3.57. The maximum absolute atomic E-state index is 11.7. The van der Waals surface area contributed by atoms with E-state index in [4.69, 9.17) is 0 Å². The molecule has 3 atom stereocenters. The Morgan fingerprint density at radius 2 is 2.18 bits per heavy atom. The Morgan fingerprint density at radius 1 is 1.53 bits per heavy atom. The Kier molecular flexibility index (Phi) is 5.13. The molecule has 0 radical (unpaired) electrons. The average molecular weight is 236 g/mol. The second-order valence-corrected chi connectivity index (χ2v) is 5.46. The van der Waals surface area contributed by atoms with Gasteiger partial charge in [-0.25, -0.2) is 0 Å². The molecule has 1 N–H and O–H groups in total. The Morgan fingerprint density at radius 3 is 2.76 bits per heavy atom. The normalized spacial score (nSPS) is 28.9. The van der Waals surface area contributed by atoms with E-state index in [0.29, 0.717) is 12.8 Å². The van der Waals surface area contributed by atoms with Crippen molar-refractivity contribution in [2.24, 2.45) is 11.8 Å². The topological polar surface area (TPSA) is 37.3 Å². The van der Waals surface area contributed by atoms with Crippen LogP contribution in [0, 0.1) is 11.8 Å². The van der Waals surface area contributed by atoms with Gasteiger partial charge >= 0.3 is 0 Å². The first-order chi connectivity index (χ1) is 7.91. The summed E-state index contributed by atoms with van der Waals surface area (Å²) in [5.74, 6) is 0.250. The lowest BCUT2D eigenvalue weighted by atomic mass is 9.75. The van der Waals surface area contributed by atoms with Crippen molar-refractivity contribution in [2.45, 2.75) is 52.6 Å². The molecule has 96 valence electrons. The van der Waals surface area contributed by atoms with Gasteiger partial charge in [-0.05, 0) is 33.1 Å². The van der Waals surface area contributed by atoms with Gasteiger partial charge in [0.05, 0.1) is 6.10 Å². The lowest BCUT2D eigenvalue weighted by Gasteiger charge is -2.31. The molecule has 0 aromatic carbocycles. The smallest absolute Gasteiger partial charge is 0.136 e. The minimum absolute atomic E-state index is 0.00633. The van der Waals surface area contributed by atoms with Crippen molar-refractivity contribution < 1.29 is 9.90 Å². The Bertz CT molecular complexity index is 324. The first-order valence-corrected chi connectivity index (χ1v) is 6.43. The van der Waals surface area contributed by atoms with Crippen LogP contribution in [0.25, 0.3) is 0 Å². The summed E-state index contributed by atoms with van der Waals surface area (Å²) in [4.78, 5) is 11.7. The zero-order chi connectivity index (χ0) is 13.0. The van der Waals surface area contributed by atoms with E-state index >= 15 is 0 Å². The summed E-state index contributed by atoms with van der Waals surface area (Å²) in [5, 5.41) is 10.0. The first-order valence-electron chi connectivity index (χ1n) is 6.43. The summed E-state index contributed by atoms with van der Waals surface area (Å²) in [6.07, 6.45) is 4.66. The Balaban J connectivity index is 2.51. The number of Topliss-reactive ketones (excluding diaryl/α,β-unsaturated/α-hetero) is 1. The zero-order valence-electron chi connectivity index (χ0n) is 11.2. The van der Waals surface area contributed by atoms with Gasteiger partial charge in [-0.2, -0.15) is 0 Å². The summed E-state index contributed by atoms with van der Waals surface area (Å²) in [7, 11) is 0. The number of hydrogen-bond donors (Lipinski definition) is 1. The molecule has 0 aromatic rings. The molecule has 0 aromatic heterocycles. The molecule has 2 nitrogen and oxygen atoms in total. The monoisotopic (exact) mass is 236 g/mol. The maximum Gasteiger partial charge on any atom is 0.136 e. The molecule has 0 heterocycles. The molecule has 0 spiro atoms. The van der Waals surface area contributed by atoms with Crippen molar-refractivity contribution in [2.75, 3.05) is 0 Å². The predicted octanol–water partition coefficient (Wildman–Crippen LogP) is 3.27. The van der Waals surface area contributed by atoms with Gasteiger partial charge in [0.15, 0.2) is 0 Å². The van der Waals surface area contributed by atoms with Crippen LogP contribution < -0.4 is 0 Å². The number of carbonyl (C=O) groups is 1. The molecule has 1 saturated carbocycles. The van der Waals surface area contributed by atoms with Gasteiger partial charge in [-0.1, -0.05) is 30.7 Å². The summed E-state index contributed by atoms with van der Waals surface area (Å²) in [6.45, 7) is 10.1. The van der Waals surface area contributed by atoms with Gasteiger partial charge in [0.2, 0.25) is 0 Å². The van der Waals surface area contributed by atoms with E-state index in [1.807, 2.05) is 6.92 Å². The van der Waals surface area contributed by atoms with E-state index in [9.17, 15) is 9.90 Å². The number of carbonyl (C=O) groups excluding carboxylic acids is 1. The predicted molar refractivity (Wildman–Crippen MR) is 70.7 cm³/mol. The Hall–Kier alpha value is -0.890. The molecule has 0 saturated heterocycles. The summed E-state index contributed by atoms with van der Waals surface area (Å²) < 4.78 is 0. The highest BCUT2D eigenvalue weighted by atomic mass is 16.3. The van der Waals surface area contributed by atoms with Crippen LogP contribution in [0.2, 0.25) is 0 Å². The largest absolute Gasteiger partial charge is 0.392 e. The van der Waals surface area contributed by atoms with Crippen LogP contribution in [-0.4, -0.2) is 17.0 Å².